The lowest BCUT2D eigenvalue weighted by Crippen LogP contribution is -2.28. The molecule has 0 aliphatic carbocycles. The smallest absolute Gasteiger partial charge is 0.364 e. The number of carbonyl (C=O) groups is 4. The molecule has 0 saturated heterocycles. The number of esters is 4. The zero-order valence-electron chi connectivity index (χ0n) is 29.5. The normalized spacial score (nSPS) is 9.67. The summed E-state index contributed by atoms with van der Waals surface area (Å²) in [6.45, 7) is 9.87. The van der Waals surface area contributed by atoms with Crippen molar-refractivity contribution in [2.75, 3.05) is 34.4 Å². The Morgan fingerprint density at radius 3 is 1.16 bits per heavy atom. The number of hydrogen-bond donors (Lipinski definition) is 0. The molecule has 0 heterocycles. The molecular formula is C37H47N3O8S. The summed E-state index contributed by atoms with van der Waals surface area (Å²) >= 11 is 1.69. The maximum atomic E-state index is 11.9. The number of nitrogens with zero attached hydrogens (tertiary/aromatic N) is 3. The molecule has 12 heteroatoms. The second-order valence-corrected chi connectivity index (χ2v) is 10.1. The molecule has 49 heavy (non-hydrogen) atoms. The Balaban J connectivity index is 0.000000752. The molecule has 0 aliphatic rings. The van der Waals surface area contributed by atoms with Gasteiger partial charge in [0.2, 0.25) is 11.4 Å². The summed E-state index contributed by atoms with van der Waals surface area (Å²) in [5, 5.41) is 1.09. The molecule has 0 atom stereocenters. The van der Waals surface area contributed by atoms with E-state index in [0.717, 1.165) is 16.2 Å². The van der Waals surface area contributed by atoms with Gasteiger partial charge >= 0.3 is 23.9 Å². The Morgan fingerprint density at radius 1 is 0.531 bits per heavy atom. The fraction of sp³-hybridized carbons (Fsp3) is 0.324. The van der Waals surface area contributed by atoms with Gasteiger partial charge in [-0.15, -0.1) is 0 Å². The highest BCUT2D eigenvalue weighted by atomic mass is 32.2. The third-order valence-corrected chi connectivity index (χ3v) is 6.51. The molecule has 0 bridgehead atoms. The van der Waals surface area contributed by atoms with E-state index in [4.69, 9.17) is 9.47 Å². The molecule has 0 unspecified atom stereocenters. The average molecular weight is 694 g/mol. The van der Waals surface area contributed by atoms with Gasteiger partial charge in [-0.05, 0) is 44.0 Å². The summed E-state index contributed by atoms with van der Waals surface area (Å²) in [7, 11) is 4.50. The lowest BCUT2D eigenvalue weighted by atomic mass is 10.2. The highest BCUT2D eigenvalue weighted by molar-refractivity contribution is 8.13. The van der Waals surface area contributed by atoms with Crippen LogP contribution in [0.2, 0.25) is 0 Å². The van der Waals surface area contributed by atoms with Crippen molar-refractivity contribution >= 4 is 52.1 Å². The molecule has 3 aromatic rings. The van der Waals surface area contributed by atoms with Gasteiger partial charge in [-0.25, -0.2) is 19.2 Å². The maximum Gasteiger partial charge on any atom is 0.364 e. The molecule has 0 radical (unpaired) electrons. The third-order valence-electron chi connectivity index (χ3n) is 5.52. The van der Waals surface area contributed by atoms with Crippen molar-refractivity contribution in [1.29, 1.82) is 0 Å². The van der Waals surface area contributed by atoms with Crippen LogP contribution in [0.5, 0.6) is 0 Å². The van der Waals surface area contributed by atoms with E-state index in [2.05, 4.69) is 36.6 Å². The van der Waals surface area contributed by atoms with Crippen LogP contribution in [0.25, 0.3) is 0 Å². The molecule has 0 aliphatic heterocycles. The minimum Gasteiger partial charge on any atom is -0.461 e. The predicted octanol–water partition coefficient (Wildman–Crippen LogP) is 6.58. The number of hydrogen-bond acceptors (Lipinski definition) is 12. The van der Waals surface area contributed by atoms with E-state index in [1.54, 1.807) is 25.6 Å². The number of carbonyl (C=O) groups excluding carboxylic acids is 4. The van der Waals surface area contributed by atoms with Crippen LogP contribution in [0.3, 0.4) is 0 Å². The Bertz CT molecular complexity index is 1400. The van der Waals surface area contributed by atoms with E-state index >= 15 is 0 Å². The number of ether oxygens (including phenoxy) is 4. The first-order valence-corrected chi connectivity index (χ1v) is 16.4. The van der Waals surface area contributed by atoms with Crippen molar-refractivity contribution in [3.63, 3.8) is 0 Å². The standard InChI is InChI=1S/C18H17NO4.C9H11NS.C8H13NO4.C2H6/c1-19-16(17(20)22-12-14-8-4-2-5-9-14)18(21)23-13-15-10-6-3-7-11-15;1-8(10-2)11-9-6-4-3-5-7-9;1-4-12-7(10)6(9-3)8(11)13-5-2;1-2/h2-11H,12-13H2,1H3;3-7H,1-2H3;4-5H2,1-3H3;1-2H3. The first-order chi connectivity index (χ1) is 23.7. The summed E-state index contributed by atoms with van der Waals surface area (Å²) in [6, 6.07) is 28.6. The first kappa shape index (κ1) is 43.9. The van der Waals surface area contributed by atoms with Gasteiger partial charge < -0.3 is 18.9 Å². The summed E-state index contributed by atoms with van der Waals surface area (Å²) < 4.78 is 19.4. The molecule has 0 N–H and O–H groups in total. The van der Waals surface area contributed by atoms with Gasteiger partial charge in [0.1, 0.15) is 13.2 Å². The number of aliphatic imine (C=N–C) groups is 3. The molecule has 11 nitrogen and oxygen atoms in total. The topological polar surface area (TPSA) is 142 Å². The Kier molecular flexibility index (Phi) is 25.1. The van der Waals surface area contributed by atoms with Gasteiger partial charge in [-0.1, -0.05) is 104 Å². The van der Waals surface area contributed by atoms with Gasteiger partial charge in [0, 0.05) is 26.0 Å². The highest BCUT2D eigenvalue weighted by Gasteiger charge is 2.23. The maximum absolute atomic E-state index is 11.9. The van der Waals surface area contributed by atoms with E-state index in [0.29, 0.717) is 0 Å². The number of thioether (sulfide) groups is 1. The minimum atomic E-state index is -0.797. The van der Waals surface area contributed by atoms with Crippen LogP contribution < -0.4 is 0 Å². The molecular weight excluding hydrogens is 646 g/mol. The molecule has 0 amide bonds. The molecule has 0 fully saturated rings. The average Bonchev–Trinajstić information content (AvgIpc) is 3.13. The molecule has 0 aromatic heterocycles. The quantitative estimate of drug-likeness (QED) is 0.0544. The fourth-order valence-electron chi connectivity index (χ4n) is 3.22. The zero-order valence-corrected chi connectivity index (χ0v) is 30.3. The van der Waals surface area contributed by atoms with Crippen molar-refractivity contribution in [2.45, 2.75) is 52.7 Å². The number of benzene rings is 3. The van der Waals surface area contributed by atoms with Crippen molar-refractivity contribution in [2.24, 2.45) is 15.0 Å². The molecule has 3 rings (SSSR count). The van der Waals surface area contributed by atoms with E-state index in [-0.39, 0.29) is 37.9 Å². The lowest BCUT2D eigenvalue weighted by Gasteiger charge is -2.08. The van der Waals surface area contributed by atoms with Gasteiger partial charge in [-0.2, -0.15) is 0 Å². The van der Waals surface area contributed by atoms with E-state index in [1.807, 2.05) is 107 Å². The van der Waals surface area contributed by atoms with Gasteiger partial charge in [0.15, 0.2) is 0 Å². The Morgan fingerprint density at radius 2 is 0.857 bits per heavy atom. The predicted molar refractivity (Wildman–Crippen MR) is 195 cm³/mol. The van der Waals surface area contributed by atoms with Crippen molar-refractivity contribution < 1.29 is 38.1 Å². The largest absolute Gasteiger partial charge is 0.461 e. The monoisotopic (exact) mass is 693 g/mol. The molecule has 0 spiro atoms. The van der Waals surface area contributed by atoms with Crippen LogP contribution in [0.15, 0.2) is 111 Å². The van der Waals surface area contributed by atoms with Crippen molar-refractivity contribution in [3.8, 4) is 0 Å². The van der Waals surface area contributed by atoms with Crippen molar-refractivity contribution in [3.05, 3.63) is 102 Å². The van der Waals surface area contributed by atoms with Gasteiger partial charge in [-0.3, -0.25) is 15.0 Å². The lowest BCUT2D eigenvalue weighted by molar-refractivity contribution is -0.143. The summed E-state index contributed by atoms with van der Waals surface area (Å²) in [6.07, 6.45) is 0. The second kappa shape index (κ2) is 28.0. The second-order valence-electron chi connectivity index (χ2n) is 8.87. The van der Waals surface area contributed by atoms with Crippen LogP contribution >= 0.6 is 11.8 Å². The zero-order chi connectivity index (χ0) is 36.9. The van der Waals surface area contributed by atoms with Gasteiger partial charge in [0.25, 0.3) is 0 Å². The molecule has 3 aromatic carbocycles. The van der Waals surface area contributed by atoms with Crippen LogP contribution in [-0.4, -0.2) is 74.7 Å². The fourth-order valence-corrected chi connectivity index (χ4v) is 3.94. The number of rotatable bonds is 11. The summed E-state index contributed by atoms with van der Waals surface area (Å²) in [5.74, 6) is -3.09. The van der Waals surface area contributed by atoms with Crippen LogP contribution in [0, 0.1) is 0 Å². The van der Waals surface area contributed by atoms with Gasteiger partial charge in [0.05, 0.1) is 18.3 Å². The van der Waals surface area contributed by atoms with Crippen molar-refractivity contribution in [1.82, 2.24) is 0 Å². The van der Waals surface area contributed by atoms with Crippen LogP contribution in [-0.2, 0) is 51.3 Å². The Labute approximate surface area is 293 Å². The van der Waals surface area contributed by atoms with Crippen LogP contribution in [0.1, 0.15) is 45.7 Å². The summed E-state index contributed by atoms with van der Waals surface area (Å²) in [4.78, 5) is 58.4. The molecule has 0 saturated carbocycles. The molecule has 264 valence electrons. The highest BCUT2D eigenvalue weighted by Crippen LogP contribution is 2.18. The van der Waals surface area contributed by atoms with E-state index in [1.165, 1.54) is 19.0 Å². The third kappa shape index (κ3) is 19.3. The SMILES string of the molecule is CC.CCOC(=O)C(=NC)C(=O)OCC.CN=C(C(=O)OCc1ccccc1)C(=O)OCc1ccccc1.CN=C(C)Sc1ccccc1. The minimum absolute atomic E-state index is 0.0741. The van der Waals surface area contributed by atoms with E-state index in [9.17, 15) is 19.2 Å². The Hall–Kier alpha value is -5.10. The first-order valence-electron chi connectivity index (χ1n) is 15.6. The van der Waals surface area contributed by atoms with E-state index < -0.39 is 23.9 Å². The van der Waals surface area contributed by atoms with Crippen LogP contribution in [0.4, 0.5) is 0 Å². The summed E-state index contributed by atoms with van der Waals surface area (Å²) in [5.41, 5.74) is 1.00.